The van der Waals surface area contributed by atoms with Crippen LogP contribution in [0, 0.1) is 40.4 Å². The number of fused-ring (bicyclic) bond motifs is 5. The van der Waals surface area contributed by atoms with Crippen LogP contribution in [0.25, 0.3) is 0 Å². The Labute approximate surface area is 145 Å². The Kier molecular flexibility index (Phi) is 3.77. The maximum absolute atomic E-state index is 13.3. The first-order valence-corrected chi connectivity index (χ1v) is 9.98. The number of hydrogen-bond donors (Lipinski definition) is 1. The average Bonchev–Trinajstić information content (AvgIpc) is 2.84. The Morgan fingerprint density at radius 2 is 1.83 bits per heavy atom. The second kappa shape index (κ2) is 5.40. The minimum atomic E-state index is -0.169. The zero-order valence-electron chi connectivity index (χ0n) is 15.4. The summed E-state index contributed by atoms with van der Waals surface area (Å²) >= 11 is 0. The van der Waals surface area contributed by atoms with E-state index in [0.29, 0.717) is 30.0 Å². The molecule has 0 amide bonds. The number of aliphatic hydroxyl groups is 1. The van der Waals surface area contributed by atoms with Gasteiger partial charge in [-0.05, 0) is 80.5 Å². The molecule has 0 spiro atoms. The van der Waals surface area contributed by atoms with Crippen LogP contribution < -0.4 is 0 Å². The Morgan fingerprint density at radius 1 is 1.08 bits per heavy atom. The molecule has 4 saturated carbocycles. The van der Waals surface area contributed by atoms with Crippen molar-refractivity contribution in [1.29, 1.82) is 0 Å². The second-order valence-electron chi connectivity index (χ2n) is 9.85. The molecule has 24 heavy (non-hydrogen) atoms. The lowest BCUT2D eigenvalue weighted by molar-refractivity contribution is -0.162. The molecule has 0 bridgehead atoms. The maximum Gasteiger partial charge on any atom is 0.137 e. The van der Waals surface area contributed by atoms with E-state index < -0.39 is 0 Å². The lowest BCUT2D eigenvalue weighted by Crippen LogP contribution is -2.58. The largest absolute Gasteiger partial charge is 0.393 e. The van der Waals surface area contributed by atoms with Crippen LogP contribution in [0.3, 0.4) is 0 Å². The molecule has 0 aliphatic heterocycles. The van der Waals surface area contributed by atoms with Crippen LogP contribution in [0.1, 0.15) is 72.1 Å². The van der Waals surface area contributed by atoms with Gasteiger partial charge in [-0.2, -0.15) is 0 Å². The Bertz CT molecular complexity index is 569. The lowest BCUT2D eigenvalue weighted by Gasteiger charge is -2.59. The van der Waals surface area contributed by atoms with Gasteiger partial charge in [-0.25, -0.2) is 0 Å². The molecule has 0 heterocycles. The molecule has 4 aliphatic carbocycles. The summed E-state index contributed by atoms with van der Waals surface area (Å²) in [6.45, 7) is 6.28. The molecule has 3 nitrogen and oxygen atoms in total. The molecule has 0 radical (unpaired) electrons. The monoisotopic (exact) mass is 332 g/mol. The third-order valence-corrected chi connectivity index (χ3v) is 8.81. The van der Waals surface area contributed by atoms with Gasteiger partial charge in [0, 0.05) is 18.3 Å². The SMILES string of the molecule is CC(=O)[C@H]1CC[C@H]2[C@@H]3CCC4C[C@H](O)CC[C@]4(C)[C@H]3C(=O)C[C@]12C. The molecular weight excluding hydrogens is 300 g/mol. The molecule has 1 unspecified atom stereocenters. The Morgan fingerprint density at radius 3 is 2.54 bits per heavy atom. The third-order valence-electron chi connectivity index (χ3n) is 8.81. The van der Waals surface area contributed by atoms with E-state index in [0.717, 1.165) is 44.9 Å². The van der Waals surface area contributed by atoms with Crippen molar-refractivity contribution in [2.24, 2.45) is 40.4 Å². The first-order chi connectivity index (χ1) is 11.3. The molecule has 0 saturated heterocycles. The van der Waals surface area contributed by atoms with E-state index in [4.69, 9.17) is 0 Å². The standard InChI is InChI=1S/C21H32O3/c1-12(22)16-6-7-17-15-5-4-13-10-14(23)8-9-20(13,2)19(15)18(24)11-21(16,17)3/h13-17,19,23H,4-11H2,1-3H3/t13?,14-,15+,16-,17+,19-,20+,21-/m1/s1. The third kappa shape index (κ3) is 2.12. The summed E-state index contributed by atoms with van der Waals surface area (Å²) in [5.41, 5.74) is -0.0175. The van der Waals surface area contributed by atoms with E-state index in [1.807, 2.05) is 0 Å². The molecule has 1 N–H and O–H groups in total. The number of carbonyl (C=O) groups is 2. The molecule has 0 aromatic rings. The van der Waals surface area contributed by atoms with Gasteiger partial charge in [0.1, 0.15) is 11.6 Å². The zero-order chi connectivity index (χ0) is 17.3. The van der Waals surface area contributed by atoms with Gasteiger partial charge in [-0.3, -0.25) is 9.59 Å². The Balaban J connectivity index is 1.68. The first kappa shape index (κ1) is 16.8. The van der Waals surface area contributed by atoms with Crippen LogP contribution in [0.5, 0.6) is 0 Å². The zero-order valence-corrected chi connectivity index (χ0v) is 15.4. The number of ketones is 2. The number of rotatable bonds is 1. The number of Topliss-reactive ketones (excluding diaryl/α,β-unsaturated/α-hetero) is 2. The van der Waals surface area contributed by atoms with E-state index >= 15 is 0 Å². The topological polar surface area (TPSA) is 54.4 Å². The van der Waals surface area contributed by atoms with Gasteiger partial charge in [0.05, 0.1) is 6.10 Å². The van der Waals surface area contributed by atoms with E-state index in [-0.39, 0.29) is 34.6 Å². The summed E-state index contributed by atoms with van der Waals surface area (Å²) in [5, 5.41) is 10.1. The van der Waals surface area contributed by atoms with Crippen molar-refractivity contribution < 1.29 is 14.7 Å². The van der Waals surface area contributed by atoms with Crippen molar-refractivity contribution >= 4 is 11.6 Å². The summed E-state index contributed by atoms with van der Waals surface area (Å²) in [7, 11) is 0. The van der Waals surface area contributed by atoms with Crippen LogP contribution in [0.2, 0.25) is 0 Å². The number of hydrogen-bond acceptors (Lipinski definition) is 3. The second-order valence-corrected chi connectivity index (χ2v) is 9.85. The predicted octanol–water partition coefficient (Wildman–Crippen LogP) is 3.77. The molecule has 4 fully saturated rings. The van der Waals surface area contributed by atoms with Crippen LogP contribution in [0.15, 0.2) is 0 Å². The van der Waals surface area contributed by atoms with E-state index in [2.05, 4.69) is 13.8 Å². The minimum Gasteiger partial charge on any atom is -0.393 e. The fraction of sp³-hybridized carbons (Fsp3) is 0.905. The highest BCUT2D eigenvalue weighted by Gasteiger charge is 2.63. The van der Waals surface area contributed by atoms with E-state index in [1.165, 1.54) is 0 Å². The van der Waals surface area contributed by atoms with Gasteiger partial charge in [-0.15, -0.1) is 0 Å². The molecule has 4 aliphatic rings. The quantitative estimate of drug-likeness (QED) is 0.795. The molecular formula is C21H32O3. The van der Waals surface area contributed by atoms with Crippen molar-refractivity contribution in [1.82, 2.24) is 0 Å². The van der Waals surface area contributed by atoms with Crippen molar-refractivity contribution in [2.75, 3.05) is 0 Å². The van der Waals surface area contributed by atoms with Crippen LogP contribution in [-0.2, 0) is 9.59 Å². The predicted molar refractivity (Wildman–Crippen MR) is 92.3 cm³/mol. The van der Waals surface area contributed by atoms with Gasteiger partial charge in [-0.1, -0.05) is 13.8 Å². The van der Waals surface area contributed by atoms with Gasteiger partial charge in [0.15, 0.2) is 0 Å². The van der Waals surface area contributed by atoms with Crippen molar-refractivity contribution in [3.05, 3.63) is 0 Å². The fourth-order valence-electron chi connectivity index (χ4n) is 7.72. The highest BCUT2D eigenvalue weighted by molar-refractivity contribution is 5.87. The van der Waals surface area contributed by atoms with Gasteiger partial charge < -0.3 is 5.11 Å². The average molecular weight is 332 g/mol. The minimum absolute atomic E-state index is 0.0782. The van der Waals surface area contributed by atoms with Crippen LogP contribution in [-0.4, -0.2) is 22.8 Å². The molecule has 134 valence electrons. The highest BCUT2D eigenvalue weighted by atomic mass is 16.3. The van der Waals surface area contributed by atoms with Crippen LogP contribution >= 0.6 is 0 Å². The van der Waals surface area contributed by atoms with Crippen LogP contribution in [0.4, 0.5) is 0 Å². The summed E-state index contributed by atoms with van der Waals surface area (Å²) in [6, 6.07) is 0. The molecule has 4 rings (SSSR count). The van der Waals surface area contributed by atoms with Gasteiger partial charge in [0.2, 0.25) is 0 Å². The van der Waals surface area contributed by atoms with Crippen molar-refractivity contribution in [3.63, 3.8) is 0 Å². The molecule has 0 aromatic heterocycles. The number of aliphatic hydroxyl groups excluding tert-OH is 1. The highest BCUT2D eigenvalue weighted by Crippen LogP contribution is 2.66. The van der Waals surface area contributed by atoms with Gasteiger partial charge in [0.25, 0.3) is 0 Å². The summed E-state index contributed by atoms with van der Waals surface area (Å²) in [5.74, 6) is 2.48. The van der Waals surface area contributed by atoms with Gasteiger partial charge >= 0.3 is 0 Å². The Hall–Kier alpha value is -0.700. The summed E-state index contributed by atoms with van der Waals surface area (Å²) in [6.07, 6.45) is 7.53. The van der Waals surface area contributed by atoms with Crippen molar-refractivity contribution in [2.45, 2.75) is 78.2 Å². The fourth-order valence-corrected chi connectivity index (χ4v) is 7.72. The number of carbonyl (C=O) groups excluding carboxylic acids is 2. The molecule has 8 atom stereocenters. The molecule has 3 heteroatoms. The maximum atomic E-state index is 13.3. The summed E-state index contributed by atoms with van der Waals surface area (Å²) in [4.78, 5) is 25.5. The smallest absolute Gasteiger partial charge is 0.137 e. The lowest BCUT2D eigenvalue weighted by atomic mass is 9.44. The van der Waals surface area contributed by atoms with Crippen molar-refractivity contribution in [3.8, 4) is 0 Å². The van der Waals surface area contributed by atoms with E-state index in [9.17, 15) is 14.7 Å². The van der Waals surface area contributed by atoms with E-state index in [1.54, 1.807) is 6.92 Å². The normalized spacial score (nSPS) is 53.9. The summed E-state index contributed by atoms with van der Waals surface area (Å²) < 4.78 is 0. The molecule has 0 aromatic carbocycles. The first-order valence-electron chi connectivity index (χ1n) is 9.98.